The van der Waals surface area contributed by atoms with E-state index in [1.165, 1.54) is 6.33 Å². The van der Waals surface area contributed by atoms with Crippen LogP contribution in [0.15, 0.2) is 61.3 Å². The minimum Gasteiger partial charge on any atom is -0.491 e. The van der Waals surface area contributed by atoms with E-state index in [9.17, 15) is 0 Å². The largest absolute Gasteiger partial charge is 0.491 e. The van der Waals surface area contributed by atoms with Crippen molar-refractivity contribution in [2.24, 2.45) is 0 Å². The smallest absolute Gasteiger partial charge is 0.158 e. The van der Waals surface area contributed by atoms with Gasteiger partial charge in [0.05, 0.1) is 27.6 Å². The molecule has 0 radical (unpaired) electrons. The van der Waals surface area contributed by atoms with Gasteiger partial charge in [-0.3, -0.25) is 0 Å². The first-order chi connectivity index (χ1) is 17.6. The molecule has 186 valence electrons. The third kappa shape index (κ3) is 6.57. The molecule has 3 heterocycles. The first-order valence-corrected chi connectivity index (χ1v) is 12.3. The van der Waals surface area contributed by atoms with Gasteiger partial charge in [-0.25, -0.2) is 24.9 Å². The van der Waals surface area contributed by atoms with Crippen LogP contribution in [0.4, 0.5) is 23.1 Å². The molecule has 0 fully saturated rings. The lowest BCUT2D eigenvalue weighted by Crippen LogP contribution is -2.27. The average Bonchev–Trinajstić information content (AvgIpc) is 2.90. The van der Waals surface area contributed by atoms with Crippen molar-refractivity contribution in [3.8, 4) is 17.1 Å². The number of ether oxygens (including phenoxy) is 1. The minimum absolute atomic E-state index is 0.460. The molecular weight excluding hydrogens is 499 g/mol. The van der Waals surface area contributed by atoms with Gasteiger partial charge in [-0.1, -0.05) is 43.1 Å². The Balaban J connectivity index is 1.46. The summed E-state index contributed by atoms with van der Waals surface area (Å²) in [5.74, 6) is 2.34. The molecule has 0 amide bonds. The number of halogens is 2. The molecule has 9 nitrogen and oxygen atoms in total. The molecule has 2 N–H and O–H groups in total. The average molecular weight is 525 g/mol. The van der Waals surface area contributed by atoms with E-state index in [0.29, 0.717) is 56.9 Å². The van der Waals surface area contributed by atoms with Crippen molar-refractivity contribution in [3.63, 3.8) is 0 Å². The Bertz CT molecular complexity index is 1270. The van der Waals surface area contributed by atoms with Crippen LogP contribution >= 0.6 is 23.2 Å². The monoisotopic (exact) mass is 524 g/mol. The Morgan fingerprint density at radius 1 is 0.861 bits per heavy atom. The fourth-order valence-corrected chi connectivity index (χ4v) is 3.90. The summed E-state index contributed by atoms with van der Waals surface area (Å²) in [5.41, 5.74) is 1.62. The van der Waals surface area contributed by atoms with Gasteiger partial charge >= 0.3 is 0 Å². The Morgan fingerprint density at radius 3 is 2.36 bits per heavy atom. The first kappa shape index (κ1) is 25.6. The lowest BCUT2D eigenvalue weighted by atomic mass is 10.2. The highest BCUT2D eigenvalue weighted by molar-refractivity contribution is 6.39. The standard InChI is InChI=1S/C25H26Cl2N8O/c1-3-35(4-2)12-13-36-17-8-9-21(30-15-17)33-22-14-20(31-16-32-22)24-25(29-11-10-28-24)34-23-18(26)6-5-7-19(23)27/h5-11,14-16H,3-4,12-13H2,1-2H3,(H,29,34)(H,30,31,32,33). The van der Waals surface area contributed by atoms with Crippen LogP contribution in [0, 0.1) is 0 Å². The zero-order chi connectivity index (χ0) is 25.3. The van der Waals surface area contributed by atoms with Crippen molar-refractivity contribution in [1.29, 1.82) is 0 Å². The summed E-state index contributed by atoms with van der Waals surface area (Å²) in [7, 11) is 0. The number of pyridine rings is 1. The van der Waals surface area contributed by atoms with E-state index in [4.69, 9.17) is 27.9 Å². The van der Waals surface area contributed by atoms with Gasteiger partial charge < -0.3 is 20.3 Å². The number of likely N-dealkylation sites (N-methyl/N-ethyl adjacent to an activating group) is 1. The number of aromatic nitrogens is 5. The van der Waals surface area contributed by atoms with Crippen LogP contribution in [-0.4, -0.2) is 56.1 Å². The highest BCUT2D eigenvalue weighted by Gasteiger charge is 2.14. The lowest BCUT2D eigenvalue weighted by Gasteiger charge is -2.17. The van der Waals surface area contributed by atoms with E-state index < -0.39 is 0 Å². The molecule has 0 spiro atoms. The zero-order valence-electron chi connectivity index (χ0n) is 19.9. The summed E-state index contributed by atoms with van der Waals surface area (Å²) in [6, 6.07) is 10.7. The summed E-state index contributed by atoms with van der Waals surface area (Å²) in [4.78, 5) is 24.3. The third-order valence-electron chi connectivity index (χ3n) is 5.38. The minimum atomic E-state index is 0.460. The van der Waals surface area contributed by atoms with E-state index >= 15 is 0 Å². The molecule has 3 aromatic heterocycles. The maximum absolute atomic E-state index is 6.31. The van der Waals surface area contributed by atoms with Crippen LogP contribution in [-0.2, 0) is 0 Å². The number of anilines is 4. The number of rotatable bonds is 11. The highest BCUT2D eigenvalue weighted by atomic mass is 35.5. The van der Waals surface area contributed by atoms with Crippen LogP contribution in [0.5, 0.6) is 5.75 Å². The van der Waals surface area contributed by atoms with E-state index in [1.807, 2.05) is 12.1 Å². The molecule has 11 heteroatoms. The predicted octanol–water partition coefficient (Wildman–Crippen LogP) is 5.84. The quantitative estimate of drug-likeness (QED) is 0.250. The van der Waals surface area contributed by atoms with Crippen molar-refractivity contribution in [1.82, 2.24) is 29.8 Å². The molecule has 0 aliphatic heterocycles. The van der Waals surface area contributed by atoms with Crippen LogP contribution in [0.3, 0.4) is 0 Å². The van der Waals surface area contributed by atoms with Gasteiger partial charge in [-0.15, -0.1) is 0 Å². The Morgan fingerprint density at radius 2 is 1.64 bits per heavy atom. The van der Waals surface area contributed by atoms with Crippen LogP contribution in [0.1, 0.15) is 13.8 Å². The topological polar surface area (TPSA) is 101 Å². The summed E-state index contributed by atoms with van der Waals surface area (Å²) in [6.07, 6.45) is 6.30. The van der Waals surface area contributed by atoms with E-state index in [0.717, 1.165) is 19.6 Å². The summed E-state index contributed by atoms with van der Waals surface area (Å²) in [6.45, 7) is 7.77. The fourth-order valence-electron chi connectivity index (χ4n) is 3.41. The molecule has 0 unspecified atom stereocenters. The summed E-state index contributed by atoms with van der Waals surface area (Å²) in [5, 5.41) is 7.29. The molecule has 0 saturated carbocycles. The molecule has 0 bridgehead atoms. The normalized spacial score (nSPS) is 10.9. The highest BCUT2D eigenvalue weighted by Crippen LogP contribution is 2.34. The lowest BCUT2D eigenvalue weighted by molar-refractivity contribution is 0.222. The molecule has 4 rings (SSSR count). The molecule has 4 aromatic rings. The SMILES string of the molecule is CCN(CC)CCOc1ccc(Nc2cc(-c3nccnc3Nc3c(Cl)cccc3Cl)ncn2)nc1. The molecule has 0 aliphatic rings. The van der Waals surface area contributed by atoms with Gasteiger partial charge in [0.25, 0.3) is 0 Å². The van der Waals surface area contributed by atoms with Crippen LogP contribution < -0.4 is 15.4 Å². The molecule has 1 aromatic carbocycles. The maximum atomic E-state index is 6.31. The van der Waals surface area contributed by atoms with Crippen LogP contribution in [0.2, 0.25) is 10.0 Å². The van der Waals surface area contributed by atoms with Gasteiger partial charge in [-0.2, -0.15) is 0 Å². The summed E-state index contributed by atoms with van der Waals surface area (Å²) < 4.78 is 5.80. The number of nitrogens with zero attached hydrogens (tertiary/aromatic N) is 6. The number of hydrogen-bond acceptors (Lipinski definition) is 9. The Kier molecular flexibility index (Phi) is 8.83. The fraction of sp³-hybridized carbons (Fsp3) is 0.240. The van der Waals surface area contributed by atoms with E-state index in [2.05, 4.69) is 54.3 Å². The second-order valence-corrected chi connectivity index (χ2v) is 8.46. The van der Waals surface area contributed by atoms with Crippen molar-refractivity contribution in [3.05, 3.63) is 71.4 Å². The first-order valence-electron chi connectivity index (χ1n) is 11.5. The summed E-state index contributed by atoms with van der Waals surface area (Å²) >= 11 is 12.6. The van der Waals surface area contributed by atoms with E-state index in [-0.39, 0.29) is 0 Å². The van der Waals surface area contributed by atoms with Crippen molar-refractivity contribution < 1.29 is 4.74 Å². The van der Waals surface area contributed by atoms with Crippen molar-refractivity contribution in [2.75, 3.05) is 36.9 Å². The molecule has 0 atom stereocenters. The molecule has 0 saturated heterocycles. The Labute approximate surface area is 219 Å². The Hall–Kier alpha value is -3.53. The number of nitrogens with one attached hydrogen (secondary N) is 2. The number of para-hydroxylation sites is 1. The van der Waals surface area contributed by atoms with Gasteiger partial charge in [0, 0.05) is 25.0 Å². The van der Waals surface area contributed by atoms with Gasteiger partial charge in [0.15, 0.2) is 5.82 Å². The predicted molar refractivity (Wildman–Crippen MR) is 144 cm³/mol. The van der Waals surface area contributed by atoms with Gasteiger partial charge in [-0.05, 0) is 37.4 Å². The van der Waals surface area contributed by atoms with Crippen molar-refractivity contribution >= 4 is 46.3 Å². The number of hydrogen-bond donors (Lipinski definition) is 2. The van der Waals surface area contributed by atoms with Gasteiger partial charge in [0.1, 0.15) is 36.0 Å². The van der Waals surface area contributed by atoms with Crippen molar-refractivity contribution in [2.45, 2.75) is 13.8 Å². The zero-order valence-corrected chi connectivity index (χ0v) is 21.5. The van der Waals surface area contributed by atoms with E-state index in [1.54, 1.807) is 42.9 Å². The maximum Gasteiger partial charge on any atom is 0.158 e. The third-order valence-corrected chi connectivity index (χ3v) is 6.01. The molecular formula is C25H26Cl2N8O. The second-order valence-electron chi connectivity index (χ2n) is 7.64. The molecule has 0 aliphatic carbocycles. The number of benzene rings is 1. The van der Waals surface area contributed by atoms with Crippen LogP contribution in [0.25, 0.3) is 11.4 Å². The van der Waals surface area contributed by atoms with Gasteiger partial charge in [0.2, 0.25) is 0 Å². The molecule has 36 heavy (non-hydrogen) atoms. The second kappa shape index (κ2) is 12.4.